The van der Waals surface area contributed by atoms with E-state index in [2.05, 4.69) is 26.3 Å². The van der Waals surface area contributed by atoms with E-state index in [4.69, 9.17) is 4.74 Å². The first-order chi connectivity index (χ1) is 9.86. The van der Waals surface area contributed by atoms with Gasteiger partial charge in [-0.15, -0.1) is 0 Å². The Morgan fingerprint density at radius 3 is 3.10 bits per heavy atom. The lowest BCUT2D eigenvalue weighted by molar-refractivity contribution is 0.331. The number of aromatic nitrogens is 2. The molecule has 0 unspecified atom stereocenters. The molecular weight excluding hydrogens is 252 g/mol. The highest BCUT2D eigenvalue weighted by molar-refractivity contribution is 5.46. The summed E-state index contributed by atoms with van der Waals surface area (Å²) in [4.78, 5) is 11.0. The van der Waals surface area contributed by atoms with Crippen LogP contribution in [0.4, 0.5) is 11.6 Å². The first-order valence-corrected chi connectivity index (χ1v) is 6.88. The first kappa shape index (κ1) is 12.7. The lowest BCUT2D eigenvalue weighted by atomic mass is 10.2. The number of fused-ring (bicyclic) bond motifs is 1. The molecular formula is C15H18N4O. The molecule has 0 spiro atoms. The molecule has 20 heavy (non-hydrogen) atoms. The molecule has 5 nitrogen and oxygen atoms in total. The van der Waals surface area contributed by atoms with Crippen molar-refractivity contribution in [2.75, 3.05) is 29.9 Å². The minimum atomic E-state index is 0.657. The number of ether oxygens (including phenoxy) is 1. The van der Waals surface area contributed by atoms with Crippen molar-refractivity contribution >= 4 is 11.6 Å². The topological polar surface area (TPSA) is 50.3 Å². The normalized spacial score (nSPS) is 14.2. The Kier molecular flexibility index (Phi) is 3.67. The van der Waals surface area contributed by atoms with Gasteiger partial charge >= 0.3 is 0 Å². The first-order valence-electron chi connectivity index (χ1n) is 6.88. The lowest BCUT2D eigenvalue weighted by Crippen LogP contribution is -2.26. The number of nitrogens with zero attached hydrogens (tertiary/aromatic N) is 3. The molecule has 1 aromatic heterocycles. The molecule has 0 amide bonds. The van der Waals surface area contributed by atoms with Gasteiger partial charge in [-0.2, -0.15) is 0 Å². The number of anilines is 2. The van der Waals surface area contributed by atoms with Gasteiger partial charge in [-0.05, 0) is 13.0 Å². The molecule has 0 saturated heterocycles. The molecule has 1 N–H and O–H groups in total. The zero-order chi connectivity index (χ0) is 13.8. The van der Waals surface area contributed by atoms with E-state index < -0.39 is 0 Å². The number of hydrogen-bond acceptors (Lipinski definition) is 5. The SMILES string of the molecule is CCNc1cncc(N2CCOc3ccccc3C2)n1. The van der Waals surface area contributed by atoms with Crippen LogP contribution in [0.25, 0.3) is 0 Å². The number of nitrogens with one attached hydrogen (secondary N) is 1. The van der Waals surface area contributed by atoms with Crippen molar-refractivity contribution in [1.82, 2.24) is 9.97 Å². The van der Waals surface area contributed by atoms with Crippen LogP contribution in [0.5, 0.6) is 5.75 Å². The van der Waals surface area contributed by atoms with Crippen molar-refractivity contribution < 1.29 is 4.74 Å². The van der Waals surface area contributed by atoms with Crippen molar-refractivity contribution in [3.63, 3.8) is 0 Å². The molecule has 0 saturated carbocycles. The third-order valence-corrected chi connectivity index (χ3v) is 3.26. The van der Waals surface area contributed by atoms with Gasteiger partial charge in [0.2, 0.25) is 0 Å². The zero-order valence-electron chi connectivity index (χ0n) is 11.5. The summed E-state index contributed by atoms with van der Waals surface area (Å²) in [5, 5.41) is 3.19. The monoisotopic (exact) mass is 270 g/mol. The number of rotatable bonds is 3. The van der Waals surface area contributed by atoms with Crippen LogP contribution in [-0.4, -0.2) is 29.7 Å². The summed E-state index contributed by atoms with van der Waals surface area (Å²) < 4.78 is 5.77. The van der Waals surface area contributed by atoms with Crippen LogP contribution < -0.4 is 15.0 Å². The summed E-state index contributed by atoms with van der Waals surface area (Å²) in [6.07, 6.45) is 3.55. The Balaban J connectivity index is 1.85. The van der Waals surface area contributed by atoms with Gasteiger partial charge in [-0.3, -0.25) is 4.98 Å². The predicted octanol–water partition coefficient (Wildman–Crippen LogP) is 2.31. The van der Waals surface area contributed by atoms with E-state index in [1.54, 1.807) is 12.4 Å². The van der Waals surface area contributed by atoms with Crippen LogP contribution in [0.1, 0.15) is 12.5 Å². The Morgan fingerprint density at radius 2 is 2.20 bits per heavy atom. The maximum Gasteiger partial charge on any atom is 0.149 e. The smallest absolute Gasteiger partial charge is 0.149 e. The molecule has 2 heterocycles. The van der Waals surface area contributed by atoms with Gasteiger partial charge in [0.1, 0.15) is 24.0 Å². The Labute approximate surface area is 118 Å². The van der Waals surface area contributed by atoms with Crippen LogP contribution >= 0.6 is 0 Å². The fraction of sp³-hybridized carbons (Fsp3) is 0.333. The molecule has 5 heteroatoms. The van der Waals surface area contributed by atoms with E-state index in [1.807, 2.05) is 25.1 Å². The molecule has 1 aromatic carbocycles. The second kappa shape index (κ2) is 5.77. The average Bonchev–Trinajstić information content (AvgIpc) is 2.70. The van der Waals surface area contributed by atoms with Gasteiger partial charge in [-0.25, -0.2) is 4.98 Å². The largest absolute Gasteiger partial charge is 0.491 e. The van der Waals surface area contributed by atoms with Gasteiger partial charge in [-0.1, -0.05) is 18.2 Å². The van der Waals surface area contributed by atoms with Crippen molar-refractivity contribution in [2.24, 2.45) is 0 Å². The molecule has 0 aliphatic carbocycles. The highest BCUT2D eigenvalue weighted by Gasteiger charge is 2.16. The third kappa shape index (κ3) is 2.66. The van der Waals surface area contributed by atoms with Crippen molar-refractivity contribution in [3.8, 4) is 5.75 Å². The Morgan fingerprint density at radius 1 is 1.30 bits per heavy atom. The maximum absolute atomic E-state index is 5.77. The highest BCUT2D eigenvalue weighted by atomic mass is 16.5. The summed E-state index contributed by atoms with van der Waals surface area (Å²) in [5.74, 6) is 2.65. The van der Waals surface area contributed by atoms with E-state index in [9.17, 15) is 0 Å². The van der Waals surface area contributed by atoms with E-state index in [0.717, 1.165) is 37.0 Å². The van der Waals surface area contributed by atoms with Gasteiger partial charge in [0.15, 0.2) is 0 Å². The minimum absolute atomic E-state index is 0.657. The summed E-state index contributed by atoms with van der Waals surface area (Å²) >= 11 is 0. The van der Waals surface area contributed by atoms with E-state index >= 15 is 0 Å². The van der Waals surface area contributed by atoms with Gasteiger partial charge in [0.25, 0.3) is 0 Å². The van der Waals surface area contributed by atoms with Crippen molar-refractivity contribution in [3.05, 3.63) is 42.2 Å². The molecule has 1 aliphatic heterocycles. The van der Waals surface area contributed by atoms with Crippen LogP contribution in [0.3, 0.4) is 0 Å². The average molecular weight is 270 g/mol. The van der Waals surface area contributed by atoms with E-state index in [1.165, 1.54) is 5.56 Å². The van der Waals surface area contributed by atoms with Crippen LogP contribution in [0, 0.1) is 0 Å². The Bertz CT molecular complexity index is 588. The molecule has 0 radical (unpaired) electrons. The number of hydrogen-bond donors (Lipinski definition) is 1. The standard InChI is InChI=1S/C15H18N4O/c1-2-17-14-9-16-10-15(18-14)19-7-8-20-13-6-4-3-5-12(13)11-19/h3-6,9-10H,2,7-8,11H2,1H3,(H,17,18). The summed E-state index contributed by atoms with van der Waals surface area (Å²) in [5.41, 5.74) is 1.18. The number of para-hydroxylation sites is 1. The lowest BCUT2D eigenvalue weighted by Gasteiger charge is -2.21. The van der Waals surface area contributed by atoms with Gasteiger partial charge in [0.05, 0.1) is 18.9 Å². The molecule has 0 bridgehead atoms. The quantitative estimate of drug-likeness (QED) is 0.927. The zero-order valence-corrected chi connectivity index (χ0v) is 11.5. The Hall–Kier alpha value is -2.30. The van der Waals surface area contributed by atoms with Gasteiger partial charge < -0.3 is 15.0 Å². The van der Waals surface area contributed by atoms with Crippen LogP contribution in [0.2, 0.25) is 0 Å². The molecule has 3 rings (SSSR count). The fourth-order valence-electron chi connectivity index (χ4n) is 2.30. The third-order valence-electron chi connectivity index (χ3n) is 3.26. The van der Waals surface area contributed by atoms with Crippen molar-refractivity contribution in [1.29, 1.82) is 0 Å². The molecule has 104 valence electrons. The van der Waals surface area contributed by atoms with Gasteiger partial charge in [0, 0.05) is 18.7 Å². The van der Waals surface area contributed by atoms with Crippen molar-refractivity contribution in [2.45, 2.75) is 13.5 Å². The van der Waals surface area contributed by atoms with Crippen LogP contribution in [-0.2, 0) is 6.54 Å². The van der Waals surface area contributed by atoms with E-state index in [-0.39, 0.29) is 0 Å². The molecule has 0 fully saturated rings. The second-order valence-electron chi connectivity index (χ2n) is 4.67. The second-order valence-corrected chi connectivity index (χ2v) is 4.67. The number of benzene rings is 1. The summed E-state index contributed by atoms with van der Waals surface area (Å²) in [7, 11) is 0. The van der Waals surface area contributed by atoms with E-state index in [0.29, 0.717) is 6.61 Å². The summed E-state index contributed by atoms with van der Waals surface area (Å²) in [6, 6.07) is 8.14. The summed E-state index contributed by atoms with van der Waals surface area (Å²) in [6.45, 7) is 5.14. The highest BCUT2D eigenvalue weighted by Crippen LogP contribution is 2.25. The fourth-order valence-corrected chi connectivity index (χ4v) is 2.30. The minimum Gasteiger partial charge on any atom is -0.491 e. The molecule has 1 aliphatic rings. The molecule has 0 atom stereocenters. The van der Waals surface area contributed by atoms with Crippen LogP contribution in [0.15, 0.2) is 36.7 Å². The molecule has 2 aromatic rings. The maximum atomic E-state index is 5.77. The predicted molar refractivity (Wildman–Crippen MR) is 79.2 cm³/mol.